The molecule has 1 aliphatic heterocycles. The predicted molar refractivity (Wildman–Crippen MR) is 104 cm³/mol. The Morgan fingerprint density at radius 1 is 1.00 bits per heavy atom. The third-order valence-corrected chi connectivity index (χ3v) is 4.94. The van der Waals surface area contributed by atoms with Crippen molar-refractivity contribution in [1.82, 2.24) is 9.80 Å². The van der Waals surface area contributed by atoms with Gasteiger partial charge in [0.05, 0.1) is 6.61 Å². The van der Waals surface area contributed by atoms with E-state index in [9.17, 15) is 4.79 Å². The number of Topliss-reactive ketones (excluding diaryl/α,β-unsaturated/α-hetero) is 1. The highest BCUT2D eigenvalue weighted by molar-refractivity contribution is 5.96. The Bertz CT molecular complexity index is 493. The minimum Gasteiger partial charge on any atom is -0.494 e. The molecule has 4 heteroatoms. The third-order valence-electron chi connectivity index (χ3n) is 4.94. The van der Waals surface area contributed by atoms with Gasteiger partial charge in [0.2, 0.25) is 0 Å². The van der Waals surface area contributed by atoms with Crippen LogP contribution < -0.4 is 4.74 Å². The second-order valence-electron chi connectivity index (χ2n) is 7.11. The van der Waals surface area contributed by atoms with Gasteiger partial charge >= 0.3 is 0 Å². The molecule has 0 unspecified atom stereocenters. The summed E-state index contributed by atoms with van der Waals surface area (Å²) in [6, 6.07) is 7.65. The van der Waals surface area contributed by atoms with Crippen molar-refractivity contribution < 1.29 is 9.53 Å². The van der Waals surface area contributed by atoms with E-state index in [1.807, 2.05) is 24.3 Å². The maximum Gasteiger partial charge on any atom is 0.164 e. The van der Waals surface area contributed by atoms with E-state index in [4.69, 9.17) is 4.74 Å². The number of ketones is 1. The van der Waals surface area contributed by atoms with Gasteiger partial charge in [0, 0.05) is 44.7 Å². The monoisotopic (exact) mass is 346 g/mol. The molecule has 1 saturated heterocycles. The van der Waals surface area contributed by atoms with Gasteiger partial charge < -0.3 is 14.5 Å². The molecule has 0 atom stereocenters. The lowest BCUT2D eigenvalue weighted by Crippen LogP contribution is -2.45. The molecule has 0 N–H and O–H groups in total. The van der Waals surface area contributed by atoms with Gasteiger partial charge in [0.1, 0.15) is 5.75 Å². The number of carbonyl (C=O) groups is 1. The second kappa shape index (κ2) is 11.3. The Hall–Kier alpha value is -1.39. The molecule has 2 rings (SSSR count). The molecule has 0 saturated carbocycles. The van der Waals surface area contributed by atoms with Crippen molar-refractivity contribution in [2.75, 3.05) is 46.4 Å². The number of hydrogen-bond donors (Lipinski definition) is 0. The molecule has 1 aliphatic rings. The molecule has 1 heterocycles. The third kappa shape index (κ3) is 7.57. The fourth-order valence-corrected chi connectivity index (χ4v) is 3.11. The first-order valence-corrected chi connectivity index (χ1v) is 9.86. The summed E-state index contributed by atoms with van der Waals surface area (Å²) in [4.78, 5) is 17.1. The Morgan fingerprint density at radius 2 is 1.68 bits per heavy atom. The minimum atomic E-state index is 0.227. The Morgan fingerprint density at radius 3 is 2.36 bits per heavy atom. The van der Waals surface area contributed by atoms with Crippen molar-refractivity contribution in [2.24, 2.45) is 0 Å². The van der Waals surface area contributed by atoms with E-state index in [-0.39, 0.29) is 5.78 Å². The number of nitrogens with zero attached hydrogens (tertiary/aromatic N) is 2. The first-order chi connectivity index (χ1) is 12.2. The van der Waals surface area contributed by atoms with Crippen LogP contribution in [0.1, 0.15) is 55.8 Å². The van der Waals surface area contributed by atoms with Crippen molar-refractivity contribution in [3.8, 4) is 5.75 Å². The van der Waals surface area contributed by atoms with Crippen LogP contribution in [0.15, 0.2) is 24.3 Å². The molecule has 0 radical (unpaired) electrons. The van der Waals surface area contributed by atoms with Crippen LogP contribution in [0.2, 0.25) is 0 Å². The normalized spacial score (nSPS) is 16.1. The molecule has 4 nitrogen and oxygen atoms in total. The number of ether oxygens (including phenoxy) is 1. The number of benzene rings is 1. The predicted octanol–water partition coefficient (Wildman–Crippen LogP) is 3.86. The maximum atomic E-state index is 12.3. The van der Waals surface area contributed by atoms with E-state index in [1.54, 1.807) is 0 Å². The van der Waals surface area contributed by atoms with Crippen LogP contribution in [0.5, 0.6) is 5.75 Å². The van der Waals surface area contributed by atoms with Crippen molar-refractivity contribution >= 4 is 5.78 Å². The molecule has 0 aromatic heterocycles. The standard InChI is InChI=1S/C21H34N2O2/c1-3-4-5-6-7-18-25-20-10-8-19(9-11-20)21(24)12-13-23-16-14-22(2)15-17-23/h8-11H,3-7,12-18H2,1-2H3. The number of hydrogen-bond acceptors (Lipinski definition) is 4. The highest BCUT2D eigenvalue weighted by Gasteiger charge is 2.15. The molecule has 0 bridgehead atoms. The average molecular weight is 347 g/mol. The smallest absolute Gasteiger partial charge is 0.164 e. The summed E-state index contributed by atoms with van der Waals surface area (Å²) in [7, 11) is 2.15. The van der Waals surface area contributed by atoms with Crippen molar-refractivity contribution in [3.63, 3.8) is 0 Å². The molecule has 0 amide bonds. The lowest BCUT2D eigenvalue weighted by Gasteiger charge is -2.32. The van der Waals surface area contributed by atoms with E-state index >= 15 is 0 Å². The van der Waals surface area contributed by atoms with Crippen molar-refractivity contribution in [1.29, 1.82) is 0 Å². The van der Waals surface area contributed by atoms with Gasteiger partial charge in [-0.05, 0) is 37.7 Å². The van der Waals surface area contributed by atoms with Gasteiger partial charge in [-0.2, -0.15) is 0 Å². The lowest BCUT2D eigenvalue weighted by atomic mass is 10.1. The quantitative estimate of drug-likeness (QED) is 0.450. The van der Waals surface area contributed by atoms with Crippen LogP contribution in [-0.4, -0.2) is 62.0 Å². The van der Waals surface area contributed by atoms with Crippen molar-refractivity contribution in [2.45, 2.75) is 45.4 Å². The van der Waals surface area contributed by atoms with Crippen LogP contribution in [-0.2, 0) is 0 Å². The summed E-state index contributed by atoms with van der Waals surface area (Å²) in [5.41, 5.74) is 0.796. The van der Waals surface area contributed by atoms with Gasteiger partial charge in [0.15, 0.2) is 5.78 Å². The zero-order chi connectivity index (χ0) is 17.9. The lowest BCUT2D eigenvalue weighted by molar-refractivity contribution is 0.0942. The van der Waals surface area contributed by atoms with E-state index < -0.39 is 0 Å². The molecule has 1 fully saturated rings. The molecule has 140 valence electrons. The SMILES string of the molecule is CCCCCCCOc1ccc(C(=O)CCN2CCN(C)CC2)cc1. The van der Waals surface area contributed by atoms with Crippen molar-refractivity contribution in [3.05, 3.63) is 29.8 Å². The summed E-state index contributed by atoms with van der Waals surface area (Å²) in [6.45, 7) is 8.18. The molecule has 1 aromatic rings. The average Bonchev–Trinajstić information content (AvgIpc) is 2.64. The molecule has 25 heavy (non-hydrogen) atoms. The fraction of sp³-hybridized carbons (Fsp3) is 0.667. The molecule has 0 aliphatic carbocycles. The van der Waals surface area contributed by atoms with Gasteiger partial charge in [-0.25, -0.2) is 0 Å². The summed E-state index contributed by atoms with van der Waals surface area (Å²) in [5, 5.41) is 0. The Labute approximate surface area is 153 Å². The molecular formula is C21H34N2O2. The van der Waals surface area contributed by atoms with Crippen LogP contribution in [0.4, 0.5) is 0 Å². The van der Waals surface area contributed by atoms with Gasteiger partial charge in [-0.15, -0.1) is 0 Å². The van der Waals surface area contributed by atoms with Gasteiger partial charge in [-0.3, -0.25) is 4.79 Å². The zero-order valence-corrected chi connectivity index (χ0v) is 16.0. The van der Waals surface area contributed by atoms with Crippen LogP contribution in [0, 0.1) is 0 Å². The number of rotatable bonds is 11. The minimum absolute atomic E-state index is 0.227. The summed E-state index contributed by atoms with van der Waals surface area (Å²) < 4.78 is 5.76. The number of likely N-dealkylation sites (N-methyl/N-ethyl adjacent to an activating group) is 1. The van der Waals surface area contributed by atoms with E-state index in [2.05, 4.69) is 23.8 Å². The van der Waals surface area contributed by atoms with Crippen LogP contribution in [0.25, 0.3) is 0 Å². The first kappa shape index (κ1) is 19.9. The second-order valence-corrected chi connectivity index (χ2v) is 7.11. The highest BCUT2D eigenvalue weighted by atomic mass is 16.5. The van der Waals surface area contributed by atoms with E-state index in [0.29, 0.717) is 6.42 Å². The molecule has 0 spiro atoms. The van der Waals surface area contributed by atoms with Crippen LogP contribution >= 0.6 is 0 Å². The van der Waals surface area contributed by atoms with Gasteiger partial charge in [0.25, 0.3) is 0 Å². The number of carbonyl (C=O) groups excluding carboxylic acids is 1. The molecule has 1 aromatic carbocycles. The van der Waals surface area contributed by atoms with E-state index in [0.717, 1.165) is 57.1 Å². The Balaban J connectivity index is 1.65. The number of piperazine rings is 1. The van der Waals surface area contributed by atoms with Gasteiger partial charge in [-0.1, -0.05) is 32.6 Å². The van der Waals surface area contributed by atoms with E-state index in [1.165, 1.54) is 25.7 Å². The molecular weight excluding hydrogens is 312 g/mol. The summed E-state index contributed by atoms with van der Waals surface area (Å²) >= 11 is 0. The topological polar surface area (TPSA) is 32.8 Å². The summed E-state index contributed by atoms with van der Waals surface area (Å²) in [6.07, 6.45) is 6.81. The van der Waals surface area contributed by atoms with Crippen LogP contribution in [0.3, 0.4) is 0 Å². The zero-order valence-electron chi connectivity index (χ0n) is 16.0. The maximum absolute atomic E-state index is 12.3. The Kier molecular flexibility index (Phi) is 8.98. The summed E-state index contributed by atoms with van der Waals surface area (Å²) in [5.74, 6) is 1.09. The highest BCUT2D eigenvalue weighted by Crippen LogP contribution is 2.15. The largest absolute Gasteiger partial charge is 0.494 e. The number of unbranched alkanes of at least 4 members (excludes halogenated alkanes) is 4. The fourth-order valence-electron chi connectivity index (χ4n) is 3.11. The first-order valence-electron chi connectivity index (χ1n) is 9.86.